The van der Waals surface area contributed by atoms with Crippen LogP contribution in [0.4, 0.5) is 4.39 Å². The summed E-state index contributed by atoms with van der Waals surface area (Å²) in [6.07, 6.45) is 3.18. The van der Waals surface area contributed by atoms with Gasteiger partial charge in [-0.1, -0.05) is 75.4 Å². The summed E-state index contributed by atoms with van der Waals surface area (Å²) < 4.78 is 32.3. The van der Waals surface area contributed by atoms with Gasteiger partial charge >= 0.3 is 19.2 Å². The molecule has 194 valence electrons. The standard InChI is InChI=1S/C29H31FNO5P/c1-5-22-13-16-25(31-26(22)23-9-7-6-8-10-23)28(34,19-21-11-14-24(30)15-12-21)29(27(32)33,37(35)36-4)18-17-20(2)3/h6-18,20,34H,5,19H2,1-4H3/p+1. The third kappa shape index (κ3) is 5.69. The molecular formula is C29H32FNO5P+. The Morgan fingerprint density at radius 3 is 2.30 bits per heavy atom. The fourth-order valence-corrected chi connectivity index (χ4v) is 5.47. The first-order chi connectivity index (χ1) is 17.6. The molecule has 0 bridgehead atoms. The van der Waals surface area contributed by atoms with Gasteiger partial charge in [0.2, 0.25) is 0 Å². The normalized spacial score (nSPS) is 15.4. The molecule has 3 atom stereocenters. The minimum atomic E-state index is -2.99. The van der Waals surface area contributed by atoms with Crippen LogP contribution in [-0.2, 0) is 32.3 Å². The number of aliphatic carboxylic acids is 1. The van der Waals surface area contributed by atoms with Crippen molar-refractivity contribution in [3.05, 3.63) is 102 Å². The maximum absolute atomic E-state index is 13.7. The minimum Gasteiger partial charge on any atom is -0.477 e. The van der Waals surface area contributed by atoms with E-state index in [2.05, 4.69) is 0 Å². The molecule has 1 aromatic heterocycles. The van der Waals surface area contributed by atoms with Crippen LogP contribution in [0, 0.1) is 11.7 Å². The van der Waals surface area contributed by atoms with Gasteiger partial charge in [-0.15, -0.1) is 4.52 Å². The zero-order valence-electron chi connectivity index (χ0n) is 21.4. The molecule has 3 rings (SSSR count). The lowest BCUT2D eigenvalue weighted by Crippen LogP contribution is -2.55. The maximum atomic E-state index is 13.7. The summed E-state index contributed by atoms with van der Waals surface area (Å²) in [5.41, 5.74) is 0.395. The molecule has 2 aromatic carbocycles. The highest BCUT2D eigenvalue weighted by Crippen LogP contribution is 2.54. The molecule has 37 heavy (non-hydrogen) atoms. The Morgan fingerprint density at radius 1 is 1.11 bits per heavy atom. The van der Waals surface area contributed by atoms with Gasteiger partial charge in [0.25, 0.3) is 0 Å². The highest BCUT2D eigenvalue weighted by atomic mass is 31.1. The summed E-state index contributed by atoms with van der Waals surface area (Å²) in [6, 6.07) is 18.1. The molecule has 0 aliphatic carbocycles. The van der Waals surface area contributed by atoms with E-state index in [-0.39, 0.29) is 18.0 Å². The van der Waals surface area contributed by atoms with Crippen molar-refractivity contribution in [1.82, 2.24) is 4.98 Å². The SMILES string of the molecule is CCc1ccc(C(O)(Cc2ccc(F)cc2)C(C=CC(C)C)(C(=O)O)[P+](=O)OC)nc1-c1ccccc1. The highest BCUT2D eigenvalue weighted by molar-refractivity contribution is 7.43. The van der Waals surface area contributed by atoms with Crippen molar-refractivity contribution in [3.63, 3.8) is 0 Å². The summed E-state index contributed by atoms with van der Waals surface area (Å²) in [4.78, 5) is 17.8. The molecule has 0 spiro atoms. The fraction of sp³-hybridized carbons (Fsp3) is 0.310. The monoisotopic (exact) mass is 524 g/mol. The van der Waals surface area contributed by atoms with Crippen LogP contribution < -0.4 is 0 Å². The third-order valence-electron chi connectivity index (χ3n) is 6.34. The number of carboxylic acid groups (broad SMARTS) is 1. The number of aromatic nitrogens is 1. The van der Waals surface area contributed by atoms with Crippen LogP contribution in [0.3, 0.4) is 0 Å². The first kappa shape index (κ1) is 28.3. The number of hydrogen-bond acceptors (Lipinski definition) is 5. The van der Waals surface area contributed by atoms with Gasteiger partial charge in [-0.25, -0.2) is 14.2 Å². The number of carbonyl (C=O) groups is 1. The molecule has 6 nitrogen and oxygen atoms in total. The van der Waals surface area contributed by atoms with Crippen molar-refractivity contribution in [2.75, 3.05) is 7.11 Å². The number of halogens is 1. The predicted octanol–water partition coefficient (Wildman–Crippen LogP) is 6.30. The molecule has 0 saturated heterocycles. The average Bonchev–Trinajstić information content (AvgIpc) is 2.89. The van der Waals surface area contributed by atoms with Crippen molar-refractivity contribution in [2.45, 2.75) is 44.4 Å². The zero-order valence-corrected chi connectivity index (χ0v) is 22.3. The van der Waals surface area contributed by atoms with E-state index < -0.39 is 30.6 Å². The summed E-state index contributed by atoms with van der Waals surface area (Å²) >= 11 is 0. The van der Waals surface area contributed by atoms with E-state index in [1.54, 1.807) is 18.2 Å². The zero-order chi connectivity index (χ0) is 27.2. The lowest BCUT2D eigenvalue weighted by atomic mass is 9.77. The molecule has 0 aliphatic heterocycles. The highest BCUT2D eigenvalue weighted by Gasteiger charge is 2.71. The number of nitrogens with zero attached hydrogens (tertiary/aromatic N) is 1. The molecule has 0 saturated carbocycles. The third-order valence-corrected chi connectivity index (χ3v) is 7.95. The molecule has 1 heterocycles. The molecule has 0 radical (unpaired) electrons. The number of allylic oxidation sites excluding steroid dienone is 1. The van der Waals surface area contributed by atoms with E-state index in [0.717, 1.165) is 18.2 Å². The van der Waals surface area contributed by atoms with Gasteiger partial charge in [0.15, 0.2) is 5.60 Å². The van der Waals surface area contributed by atoms with Crippen LogP contribution in [-0.4, -0.2) is 33.4 Å². The van der Waals surface area contributed by atoms with E-state index in [0.29, 0.717) is 17.7 Å². The smallest absolute Gasteiger partial charge is 0.477 e. The molecule has 0 aliphatic rings. The summed E-state index contributed by atoms with van der Waals surface area (Å²) in [6.45, 7) is 5.65. The number of aryl methyl sites for hydroxylation is 1. The maximum Gasteiger partial charge on any atom is 0.534 e. The average molecular weight is 525 g/mol. The Balaban J connectivity index is 2.39. The van der Waals surface area contributed by atoms with E-state index in [4.69, 9.17) is 9.51 Å². The second kappa shape index (κ2) is 11.9. The van der Waals surface area contributed by atoms with E-state index in [9.17, 15) is 24.0 Å². The van der Waals surface area contributed by atoms with Crippen LogP contribution >= 0.6 is 8.03 Å². The van der Waals surface area contributed by atoms with Gasteiger partial charge in [0.1, 0.15) is 5.82 Å². The first-order valence-corrected chi connectivity index (χ1v) is 13.2. The van der Waals surface area contributed by atoms with Crippen molar-refractivity contribution in [1.29, 1.82) is 0 Å². The Hall–Kier alpha value is -3.25. The number of benzene rings is 2. The van der Waals surface area contributed by atoms with Gasteiger partial charge in [0, 0.05) is 12.0 Å². The number of carboxylic acids is 1. The van der Waals surface area contributed by atoms with Crippen molar-refractivity contribution in [2.24, 2.45) is 5.92 Å². The largest absolute Gasteiger partial charge is 0.534 e. The lowest BCUT2D eigenvalue weighted by molar-refractivity contribution is -0.147. The van der Waals surface area contributed by atoms with Gasteiger partial charge < -0.3 is 10.2 Å². The van der Waals surface area contributed by atoms with Crippen LogP contribution in [0.1, 0.15) is 37.6 Å². The van der Waals surface area contributed by atoms with Gasteiger partial charge in [0.05, 0.1) is 18.5 Å². The number of pyridine rings is 1. The summed E-state index contributed by atoms with van der Waals surface area (Å²) in [7, 11) is -1.85. The van der Waals surface area contributed by atoms with Crippen LogP contribution in [0.5, 0.6) is 0 Å². The Kier molecular flexibility index (Phi) is 9.08. The summed E-state index contributed by atoms with van der Waals surface area (Å²) in [5, 5.41) is 20.7. The molecule has 0 fully saturated rings. The van der Waals surface area contributed by atoms with Crippen molar-refractivity contribution in [3.8, 4) is 11.3 Å². The van der Waals surface area contributed by atoms with Crippen molar-refractivity contribution < 1.29 is 28.5 Å². The molecular weight excluding hydrogens is 492 g/mol. The lowest BCUT2D eigenvalue weighted by Gasteiger charge is -2.35. The van der Waals surface area contributed by atoms with E-state index >= 15 is 0 Å². The molecule has 3 unspecified atom stereocenters. The second-order valence-electron chi connectivity index (χ2n) is 9.20. The van der Waals surface area contributed by atoms with Crippen LogP contribution in [0.15, 0.2) is 78.9 Å². The Bertz CT molecular complexity index is 1280. The molecule has 3 aromatic rings. The number of aliphatic hydroxyl groups is 1. The number of rotatable bonds is 11. The molecule has 8 heteroatoms. The minimum absolute atomic E-state index is 0.0177. The second-order valence-corrected chi connectivity index (χ2v) is 10.8. The Morgan fingerprint density at radius 2 is 1.76 bits per heavy atom. The fourth-order valence-electron chi connectivity index (χ4n) is 4.32. The first-order valence-electron chi connectivity index (χ1n) is 12.1. The topological polar surface area (TPSA) is 96.7 Å². The van der Waals surface area contributed by atoms with Crippen molar-refractivity contribution >= 4 is 14.0 Å². The predicted molar refractivity (Wildman–Crippen MR) is 142 cm³/mol. The van der Waals surface area contributed by atoms with Crippen LogP contribution in [0.25, 0.3) is 11.3 Å². The van der Waals surface area contributed by atoms with Gasteiger partial charge in [-0.2, -0.15) is 0 Å². The van der Waals surface area contributed by atoms with Gasteiger partial charge in [-0.3, -0.25) is 0 Å². The summed E-state index contributed by atoms with van der Waals surface area (Å²) in [5.74, 6) is -2.11. The van der Waals surface area contributed by atoms with Gasteiger partial charge in [-0.05, 0) is 52.3 Å². The molecule has 2 N–H and O–H groups in total. The van der Waals surface area contributed by atoms with Crippen LogP contribution in [0.2, 0.25) is 0 Å². The quantitative estimate of drug-likeness (QED) is 0.226. The van der Waals surface area contributed by atoms with E-state index in [1.807, 2.05) is 51.1 Å². The molecule has 0 amide bonds. The van der Waals surface area contributed by atoms with E-state index in [1.165, 1.54) is 30.3 Å². The Labute approximate surface area is 217 Å². The number of hydrogen-bond donors (Lipinski definition) is 2.